The lowest BCUT2D eigenvalue weighted by atomic mass is 10.2. The van der Waals surface area contributed by atoms with Crippen LogP contribution in [-0.4, -0.2) is 41.6 Å². The number of aliphatic imine (C=N–C) groups is 1. The summed E-state index contributed by atoms with van der Waals surface area (Å²) in [6.07, 6.45) is 4.10. The Morgan fingerprint density at radius 2 is 2.06 bits per heavy atom. The van der Waals surface area contributed by atoms with Gasteiger partial charge in [-0.1, -0.05) is 12.1 Å². The second-order valence-corrected chi connectivity index (χ2v) is 6.57. The van der Waals surface area contributed by atoms with Crippen molar-refractivity contribution in [3.8, 4) is 17.6 Å². The average Bonchev–Trinajstić information content (AvgIpc) is 3.21. The number of hydrazone groups is 1. The maximum absolute atomic E-state index is 13.9. The number of anilines is 1. The Morgan fingerprint density at radius 3 is 2.81 bits per heavy atom. The van der Waals surface area contributed by atoms with Gasteiger partial charge in [0.05, 0.1) is 23.3 Å². The Hall–Kier alpha value is -4.79. The lowest BCUT2D eigenvalue weighted by molar-refractivity contribution is 0.627. The first kappa shape index (κ1) is 20.5. The second kappa shape index (κ2) is 8.52. The Kier molecular flexibility index (Phi) is 5.45. The monoisotopic (exact) mass is 429 g/mol. The molecule has 0 bridgehead atoms. The van der Waals surface area contributed by atoms with E-state index in [1.807, 2.05) is 6.07 Å². The molecule has 12 heteroatoms. The third-order valence-electron chi connectivity index (χ3n) is 4.63. The minimum Gasteiger partial charge on any atom is -0.383 e. The predicted molar refractivity (Wildman–Crippen MR) is 116 cm³/mol. The molecule has 0 aliphatic carbocycles. The molecule has 32 heavy (non-hydrogen) atoms. The number of halogens is 1. The molecule has 0 saturated carbocycles. The van der Waals surface area contributed by atoms with Crippen LogP contribution in [0, 0.1) is 17.1 Å². The van der Waals surface area contributed by atoms with E-state index in [-0.39, 0.29) is 23.0 Å². The van der Waals surface area contributed by atoms with Gasteiger partial charge in [-0.3, -0.25) is 4.99 Å². The molecule has 0 spiro atoms. The maximum Gasteiger partial charge on any atom is 0.182 e. The van der Waals surface area contributed by atoms with E-state index < -0.39 is 11.9 Å². The first-order valence-electron chi connectivity index (χ1n) is 9.32. The molecule has 1 unspecified atom stereocenters. The van der Waals surface area contributed by atoms with Gasteiger partial charge in [0.1, 0.15) is 41.1 Å². The van der Waals surface area contributed by atoms with Crippen molar-refractivity contribution in [2.75, 3.05) is 5.73 Å². The fourth-order valence-electron chi connectivity index (χ4n) is 3.02. The number of aromatic nitrogens is 6. The van der Waals surface area contributed by atoms with Crippen LogP contribution in [0.2, 0.25) is 0 Å². The standard InChI is InChI=1S/C20H16FN11/c1-11(15(30-24)9-26-14-5-3-2-4-13(14)21)32-20-16(18(23)27-10-28-20)17(31-32)19-25-7-6-12(8-22)29-19/h2-7,9-11H,24H2,1H3,(H2,23,27,28)/b26-9?,30-15+. The van der Waals surface area contributed by atoms with Crippen molar-refractivity contribution in [3.05, 3.63) is 54.4 Å². The minimum absolute atomic E-state index is 0.139. The van der Waals surface area contributed by atoms with E-state index >= 15 is 0 Å². The molecule has 0 saturated heterocycles. The van der Waals surface area contributed by atoms with E-state index in [0.717, 1.165) is 0 Å². The predicted octanol–water partition coefficient (Wildman–Crippen LogP) is 2.15. The zero-order valence-corrected chi connectivity index (χ0v) is 16.8. The molecule has 0 aliphatic heterocycles. The summed E-state index contributed by atoms with van der Waals surface area (Å²) in [5.74, 6) is 5.46. The molecule has 1 aromatic carbocycles. The topological polar surface area (TPSA) is 170 Å². The summed E-state index contributed by atoms with van der Waals surface area (Å²) in [5.41, 5.74) is 7.37. The van der Waals surface area contributed by atoms with Crippen LogP contribution in [0.4, 0.5) is 15.9 Å². The Morgan fingerprint density at radius 1 is 1.25 bits per heavy atom. The van der Waals surface area contributed by atoms with Crippen molar-refractivity contribution in [1.82, 2.24) is 29.7 Å². The molecule has 3 aromatic heterocycles. The van der Waals surface area contributed by atoms with Crippen molar-refractivity contribution < 1.29 is 4.39 Å². The zero-order valence-electron chi connectivity index (χ0n) is 16.8. The fourth-order valence-corrected chi connectivity index (χ4v) is 3.02. The van der Waals surface area contributed by atoms with E-state index in [4.69, 9.17) is 16.8 Å². The molecular formula is C20H16FN11. The summed E-state index contributed by atoms with van der Waals surface area (Å²) in [4.78, 5) is 20.9. The van der Waals surface area contributed by atoms with Crippen molar-refractivity contribution >= 4 is 34.5 Å². The molecule has 158 valence electrons. The van der Waals surface area contributed by atoms with Gasteiger partial charge in [-0.15, -0.1) is 0 Å². The smallest absolute Gasteiger partial charge is 0.182 e. The van der Waals surface area contributed by atoms with Gasteiger partial charge in [-0.05, 0) is 25.1 Å². The van der Waals surface area contributed by atoms with Crippen LogP contribution in [0.3, 0.4) is 0 Å². The highest BCUT2D eigenvalue weighted by Crippen LogP contribution is 2.30. The first-order chi connectivity index (χ1) is 15.5. The van der Waals surface area contributed by atoms with Crippen LogP contribution >= 0.6 is 0 Å². The number of hydrogen-bond donors (Lipinski definition) is 2. The third-order valence-corrected chi connectivity index (χ3v) is 4.63. The summed E-state index contributed by atoms with van der Waals surface area (Å²) in [7, 11) is 0. The largest absolute Gasteiger partial charge is 0.383 e. The highest BCUT2D eigenvalue weighted by molar-refractivity contribution is 6.32. The molecule has 4 rings (SSSR count). The van der Waals surface area contributed by atoms with Crippen molar-refractivity contribution in [2.24, 2.45) is 15.9 Å². The van der Waals surface area contributed by atoms with Gasteiger partial charge >= 0.3 is 0 Å². The zero-order chi connectivity index (χ0) is 22.7. The van der Waals surface area contributed by atoms with Crippen LogP contribution in [0.15, 0.2) is 52.9 Å². The van der Waals surface area contributed by atoms with Gasteiger partial charge in [0.25, 0.3) is 0 Å². The highest BCUT2D eigenvalue weighted by atomic mass is 19.1. The molecular weight excluding hydrogens is 413 g/mol. The van der Waals surface area contributed by atoms with Crippen LogP contribution in [0.1, 0.15) is 18.7 Å². The van der Waals surface area contributed by atoms with Crippen molar-refractivity contribution in [3.63, 3.8) is 0 Å². The van der Waals surface area contributed by atoms with Crippen LogP contribution < -0.4 is 11.6 Å². The summed E-state index contributed by atoms with van der Waals surface area (Å²) in [6.45, 7) is 1.76. The van der Waals surface area contributed by atoms with E-state index in [0.29, 0.717) is 22.4 Å². The average molecular weight is 429 g/mol. The number of nitrogens with two attached hydrogens (primary N) is 2. The Bertz CT molecular complexity index is 1400. The number of benzene rings is 1. The van der Waals surface area contributed by atoms with Crippen LogP contribution in [0.25, 0.3) is 22.6 Å². The number of nitrogen functional groups attached to an aromatic ring is 1. The fraction of sp³-hybridized carbons (Fsp3) is 0.100. The summed E-state index contributed by atoms with van der Waals surface area (Å²) < 4.78 is 15.4. The quantitative estimate of drug-likeness (QED) is 0.276. The van der Waals surface area contributed by atoms with Gasteiger partial charge in [-0.25, -0.2) is 29.0 Å². The third kappa shape index (κ3) is 3.70. The highest BCUT2D eigenvalue weighted by Gasteiger charge is 2.23. The van der Waals surface area contributed by atoms with Gasteiger partial charge in [0.2, 0.25) is 0 Å². The lowest BCUT2D eigenvalue weighted by Gasteiger charge is -2.12. The molecule has 4 aromatic rings. The number of para-hydroxylation sites is 1. The molecule has 4 N–H and O–H groups in total. The van der Waals surface area contributed by atoms with E-state index in [1.165, 1.54) is 41.6 Å². The minimum atomic E-state index is -0.569. The number of fused-ring (bicyclic) bond motifs is 1. The lowest BCUT2D eigenvalue weighted by Crippen LogP contribution is -2.21. The Labute approximate surface area is 181 Å². The molecule has 0 amide bonds. The van der Waals surface area contributed by atoms with Gasteiger partial charge in [0, 0.05) is 6.20 Å². The van der Waals surface area contributed by atoms with Crippen molar-refractivity contribution in [2.45, 2.75) is 13.0 Å². The first-order valence-corrected chi connectivity index (χ1v) is 9.32. The molecule has 0 fully saturated rings. The normalized spacial score (nSPS) is 12.8. The summed E-state index contributed by atoms with van der Waals surface area (Å²) >= 11 is 0. The molecule has 0 aliphatic rings. The van der Waals surface area contributed by atoms with E-state index in [9.17, 15) is 4.39 Å². The number of hydrogen-bond acceptors (Lipinski definition) is 10. The maximum atomic E-state index is 13.9. The molecule has 3 heterocycles. The number of nitriles is 1. The van der Waals surface area contributed by atoms with Gasteiger partial charge < -0.3 is 11.6 Å². The molecule has 11 nitrogen and oxygen atoms in total. The molecule has 0 radical (unpaired) electrons. The van der Waals surface area contributed by atoms with Gasteiger partial charge in [0.15, 0.2) is 11.5 Å². The van der Waals surface area contributed by atoms with E-state index in [2.05, 4.69) is 35.1 Å². The van der Waals surface area contributed by atoms with E-state index in [1.54, 1.807) is 19.1 Å². The van der Waals surface area contributed by atoms with Crippen LogP contribution in [-0.2, 0) is 0 Å². The van der Waals surface area contributed by atoms with Crippen LogP contribution in [0.5, 0.6) is 0 Å². The second-order valence-electron chi connectivity index (χ2n) is 6.57. The summed E-state index contributed by atoms with van der Waals surface area (Å²) in [5, 5.41) is 17.9. The van der Waals surface area contributed by atoms with Crippen molar-refractivity contribution in [1.29, 1.82) is 5.26 Å². The Balaban J connectivity index is 1.81. The SMILES string of the molecule is CC(/C(C=Nc1ccccc1F)=N/N)n1nc(-c2nccc(C#N)n2)c2c(N)ncnc21. The van der Waals surface area contributed by atoms with Gasteiger partial charge in [-0.2, -0.15) is 15.5 Å². The number of nitrogens with zero attached hydrogens (tertiary/aromatic N) is 9. The molecule has 1 atom stereocenters. The summed E-state index contributed by atoms with van der Waals surface area (Å²) in [6, 6.07) is 8.94. The number of rotatable bonds is 5.